The number of aromatic nitrogens is 1. The third-order valence-electron chi connectivity index (χ3n) is 3.16. The molecule has 3 rings (SSSR count). The van der Waals surface area contributed by atoms with Gasteiger partial charge in [-0.05, 0) is 25.0 Å². The van der Waals surface area contributed by atoms with Crippen LogP contribution in [0.5, 0.6) is 0 Å². The van der Waals surface area contributed by atoms with Gasteiger partial charge < -0.3 is 5.73 Å². The van der Waals surface area contributed by atoms with Crippen molar-refractivity contribution in [1.82, 2.24) is 4.98 Å². The van der Waals surface area contributed by atoms with E-state index in [2.05, 4.69) is 11.4 Å². The second kappa shape index (κ2) is 3.91. The second-order valence-corrected chi connectivity index (χ2v) is 5.21. The number of rotatable bonds is 2. The molecule has 0 aliphatic heterocycles. The van der Waals surface area contributed by atoms with Gasteiger partial charge in [-0.25, -0.2) is 4.98 Å². The van der Waals surface area contributed by atoms with E-state index in [1.807, 2.05) is 18.2 Å². The summed E-state index contributed by atoms with van der Waals surface area (Å²) in [6, 6.07) is 7.94. The van der Waals surface area contributed by atoms with Crippen LogP contribution in [0.15, 0.2) is 29.6 Å². The summed E-state index contributed by atoms with van der Waals surface area (Å²) in [6.45, 7) is 0. The monoisotopic (exact) mass is 230 g/mol. The average Bonchev–Trinajstić information content (AvgIpc) is 2.64. The van der Waals surface area contributed by atoms with Crippen LogP contribution in [0.1, 0.15) is 30.2 Å². The third kappa shape index (κ3) is 1.71. The van der Waals surface area contributed by atoms with Crippen LogP contribution in [0.25, 0.3) is 11.3 Å². The molecule has 3 heteroatoms. The van der Waals surface area contributed by atoms with Gasteiger partial charge in [0.2, 0.25) is 0 Å². The lowest BCUT2D eigenvalue weighted by atomic mass is 9.86. The van der Waals surface area contributed by atoms with Crippen molar-refractivity contribution in [3.8, 4) is 11.3 Å². The van der Waals surface area contributed by atoms with Gasteiger partial charge in [0.1, 0.15) is 0 Å². The van der Waals surface area contributed by atoms with Crippen LogP contribution in [-0.2, 0) is 0 Å². The standard InChI is InChI=1S/C13H14N2S/c14-11-6-2-5-10(7-11)12-8-16-13(15-12)9-3-1-4-9/h2,5-9H,1,3-4,14H2. The summed E-state index contributed by atoms with van der Waals surface area (Å²) >= 11 is 1.78. The normalized spacial score (nSPS) is 16.0. The van der Waals surface area contributed by atoms with Crippen LogP contribution in [0.3, 0.4) is 0 Å². The number of hydrogen-bond donors (Lipinski definition) is 1. The molecule has 2 N–H and O–H groups in total. The molecule has 1 aliphatic rings. The average molecular weight is 230 g/mol. The van der Waals surface area contributed by atoms with Crippen molar-refractivity contribution >= 4 is 17.0 Å². The largest absolute Gasteiger partial charge is 0.399 e. The molecule has 0 atom stereocenters. The van der Waals surface area contributed by atoms with E-state index in [1.165, 1.54) is 24.3 Å². The predicted octanol–water partition coefficient (Wildman–Crippen LogP) is 3.66. The first kappa shape index (κ1) is 9.85. The van der Waals surface area contributed by atoms with Crippen LogP contribution >= 0.6 is 11.3 Å². The van der Waals surface area contributed by atoms with Crippen LogP contribution in [0.2, 0.25) is 0 Å². The minimum atomic E-state index is 0.722. The molecule has 0 spiro atoms. The van der Waals surface area contributed by atoms with Crippen molar-refractivity contribution in [2.24, 2.45) is 0 Å². The van der Waals surface area contributed by atoms with Gasteiger partial charge in [0.15, 0.2) is 0 Å². The molecule has 1 aliphatic carbocycles. The van der Waals surface area contributed by atoms with E-state index in [9.17, 15) is 0 Å². The smallest absolute Gasteiger partial charge is 0.0963 e. The zero-order valence-electron chi connectivity index (χ0n) is 9.02. The highest BCUT2D eigenvalue weighted by Crippen LogP contribution is 2.39. The SMILES string of the molecule is Nc1cccc(-c2csc(C3CCC3)n2)c1. The van der Waals surface area contributed by atoms with Crippen LogP contribution < -0.4 is 5.73 Å². The second-order valence-electron chi connectivity index (χ2n) is 4.32. The topological polar surface area (TPSA) is 38.9 Å². The lowest BCUT2D eigenvalue weighted by Gasteiger charge is -2.22. The zero-order valence-corrected chi connectivity index (χ0v) is 9.83. The first-order valence-corrected chi connectivity index (χ1v) is 6.52. The Morgan fingerprint density at radius 1 is 1.31 bits per heavy atom. The minimum Gasteiger partial charge on any atom is -0.399 e. The van der Waals surface area contributed by atoms with Crippen molar-refractivity contribution in [3.63, 3.8) is 0 Å². The maximum atomic E-state index is 5.78. The minimum absolute atomic E-state index is 0.722. The highest BCUT2D eigenvalue weighted by Gasteiger charge is 2.22. The quantitative estimate of drug-likeness (QED) is 0.800. The van der Waals surface area contributed by atoms with Crippen molar-refractivity contribution in [2.75, 3.05) is 5.73 Å². The Hall–Kier alpha value is -1.35. The van der Waals surface area contributed by atoms with Crippen LogP contribution in [-0.4, -0.2) is 4.98 Å². The fourth-order valence-corrected chi connectivity index (χ4v) is 2.96. The first-order chi connectivity index (χ1) is 7.83. The van der Waals surface area contributed by atoms with Gasteiger partial charge in [0.05, 0.1) is 10.7 Å². The fraction of sp³-hybridized carbons (Fsp3) is 0.308. The van der Waals surface area contributed by atoms with Gasteiger partial charge in [-0.2, -0.15) is 0 Å². The number of benzene rings is 1. The van der Waals surface area contributed by atoms with Gasteiger partial charge in [0.25, 0.3) is 0 Å². The summed E-state index contributed by atoms with van der Waals surface area (Å²) in [5, 5.41) is 3.44. The Balaban J connectivity index is 1.91. The Labute approximate surface area is 99.1 Å². The van der Waals surface area contributed by atoms with Gasteiger partial charge in [-0.3, -0.25) is 0 Å². The molecule has 16 heavy (non-hydrogen) atoms. The first-order valence-electron chi connectivity index (χ1n) is 5.64. The molecule has 82 valence electrons. The Kier molecular flexibility index (Phi) is 2.40. The third-order valence-corrected chi connectivity index (χ3v) is 4.17. The lowest BCUT2D eigenvalue weighted by Crippen LogP contribution is -2.07. The summed E-state index contributed by atoms with van der Waals surface area (Å²) in [5.41, 5.74) is 8.77. The van der Waals surface area contributed by atoms with Crippen molar-refractivity contribution in [2.45, 2.75) is 25.2 Å². The van der Waals surface area contributed by atoms with Crippen molar-refractivity contribution in [1.29, 1.82) is 0 Å². The van der Waals surface area contributed by atoms with Crippen LogP contribution in [0.4, 0.5) is 5.69 Å². The van der Waals surface area contributed by atoms with E-state index < -0.39 is 0 Å². The van der Waals surface area contributed by atoms with Crippen LogP contribution in [0, 0.1) is 0 Å². The molecule has 1 fully saturated rings. The lowest BCUT2D eigenvalue weighted by molar-refractivity contribution is 0.418. The van der Waals surface area contributed by atoms with E-state index in [1.54, 1.807) is 11.3 Å². The molecule has 0 unspecified atom stereocenters. The molecular formula is C13H14N2S. The molecule has 2 nitrogen and oxygen atoms in total. The van der Waals surface area contributed by atoms with Crippen molar-refractivity contribution < 1.29 is 0 Å². The maximum Gasteiger partial charge on any atom is 0.0963 e. The molecule has 1 aromatic carbocycles. The zero-order chi connectivity index (χ0) is 11.0. The molecule has 0 saturated heterocycles. The highest BCUT2D eigenvalue weighted by molar-refractivity contribution is 7.10. The summed E-state index contributed by atoms with van der Waals surface area (Å²) in [7, 11) is 0. The van der Waals surface area contributed by atoms with E-state index in [0.717, 1.165) is 22.9 Å². The number of hydrogen-bond acceptors (Lipinski definition) is 3. The molecular weight excluding hydrogens is 216 g/mol. The molecule has 0 amide bonds. The number of nitrogens with zero attached hydrogens (tertiary/aromatic N) is 1. The summed E-state index contributed by atoms with van der Waals surface area (Å²) in [6.07, 6.45) is 3.98. The number of nitrogen functional groups attached to an aromatic ring is 1. The molecule has 0 bridgehead atoms. The Bertz CT molecular complexity index is 500. The maximum absolute atomic E-state index is 5.78. The number of thiazole rings is 1. The van der Waals surface area contributed by atoms with Gasteiger partial charge >= 0.3 is 0 Å². The Morgan fingerprint density at radius 2 is 2.19 bits per heavy atom. The molecule has 0 radical (unpaired) electrons. The fourth-order valence-electron chi connectivity index (χ4n) is 1.96. The van der Waals surface area contributed by atoms with E-state index in [4.69, 9.17) is 10.7 Å². The molecule has 1 heterocycles. The van der Waals surface area contributed by atoms with E-state index >= 15 is 0 Å². The summed E-state index contributed by atoms with van der Waals surface area (Å²) < 4.78 is 0. The van der Waals surface area contributed by atoms with Crippen molar-refractivity contribution in [3.05, 3.63) is 34.7 Å². The van der Waals surface area contributed by atoms with E-state index in [0.29, 0.717) is 0 Å². The number of nitrogens with two attached hydrogens (primary N) is 1. The van der Waals surface area contributed by atoms with Gasteiger partial charge in [0, 0.05) is 22.5 Å². The predicted molar refractivity (Wildman–Crippen MR) is 68.6 cm³/mol. The van der Waals surface area contributed by atoms with Gasteiger partial charge in [-0.15, -0.1) is 11.3 Å². The summed E-state index contributed by atoms with van der Waals surface area (Å²) in [5.74, 6) is 0.722. The summed E-state index contributed by atoms with van der Waals surface area (Å²) in [4.78, 5) is 4.71. The Morgan fingerprint density at radius 3 is 2.88 bits per heavy atom. The molecule has 1 saturated carbocycles. The molecule has 1 aromatic heterocycles. The van der Waals surface area contributed by atoms with E-state index in [-0.39, 0.29) is 0 Å². The van der Waals surface area contributed by atoms with Gasteiger partial charge in [-0.1, -0.05) is 18.6 Å². The molecule has 2 aromatic rings. The highest BCUT2D eigenvalue weighted by atomic mass is 32.1. The number of anilines is 1.